The zero-order chi connectivity index (χ0) is 13.9. The maximum atomic E-state index is 11.9. The molecule has 19 heavy (non-hydrogen) atoms. The second-order valence-corrected chi connectivity index (χ2v) is 4.72. The number of hydrogen-bond donors (Lipinski definition) is 3. The van der Waals surface area contributed by atoms with Crippen LogP contribution in [0.25, 0.3) is 10.9 Å². The maximum Gasteiger partial charge on any atom is 0.260 e. The molecule has 0 amide bonds. The van der Waals surface area contributed by atoms with Crippen molar-refractivity contribution in [1.29, 1.82) is 0 Å². The summed E-state index contributed by atoms with van der Waals surface area (Å²) in [6, 6.07) is 7.17. The molecule has 0 aliphatic heterocycles. The van der Waals surface area contributed by atoms with Crippen molar-refractivity contribution in [3.63, 3.8) is 0 Å². The molecule has 1 aromatic heterocycles. The Labute approximate surface area is 111 Å². The van der Waals surface area contributed by atoms with Crippen LogP contribution in [-0.2, 0) is 0 Å². The van der Waals surface area contributed by atoms with E-state index in [-0.39, 0.29) is 5.56 Å². The number of nitrogens with zero attached hydrogens (tertiary/aromatic N) is 1. The number of hydrogen-bond acceptors (Lipinski definition) is 4. The number of rotatable bonds is 5. The molecule has 0 saturated carbocycles. The van der Waals surface area contributed by atoms with Crippen molar-refractivity contribution in [2.75, 3.05) is 11.9 Å². The summed E-state index contributed by atoms with van der Waals surface area (Å²) < 4.78 is 0. The molecule has 2 rings (SSSR count). The highest BCUT2D eigenvalue weighted by atomic mass is 16.3. The third-order valence-electron chi connectivity index (χ3n) is 3.51. The highest BCUT2D eigenvalue weighted by Gasteiger charge is 2.22. The molecular formula is C14H19N3O2. The first-order chi connectivity index (χ1) is 9.08. The van der Waals surface area contributed by atoms with Gasteiger partial charge < -0.3 is 10.4 Å². The van der Waals surface area contributed by atoms with E-state index >= 15 is 0 Å². The van der Waals surface area contributed by atoms with E-state index in [0.717, 1.165) is 0 Å². The van der Waals surface area contributed by atoms with Crippen LogP contribution in [-0.4, -0.2) is 27.2 Å². The molecular weight excluding hydrogens is 242 g/mol. The van der Waals surface area contributed by atoms with Gasteiger partial charge in [-0.2, -0.15) is 0 Å². The Kier molecular flexibility index (Phi) is 3.85. The van der Waals surface area contributed by atoms with Crippen molar-refractivity contribution in [3.8, 4) is 0 Å². The molecule has 0 unspecified atom stereocenters. The molecule has 0 aliphatic carbocycles. The Balaban J connectivity index is 2.25. The van der Waals surface area contributed by atoms with Crippen LogP contribution in [0.2, 0.25) is 0 Å². The summed E-state index contributed by atoms with van der Waals surface area (Å²) in [6.07, 6.45) is 1.29. The first kappa shape index (κ1) is 13.5. The predicted molar refractivity (Wildman–Crippen MR) is 76.4 cm³/mol. The van der Waals surface area contributed by atoms with E-state index in [0.29, 0.717) is 36.2 Å². The Hall–Kier alpha value is -1.88. The summed E-state index contributed by atoms with van der Waals surface area (Å²) in [5, 5.41) is 13.8. The van der Waals surface area contributed by atoms with Gasteiger partial charge in [0, 0.05) is 6.54 Å². The molecule has 0 fully saturated rings. The molecule has 0 atom stereocenters. The smallest absolute Gasteiger partial charge is 0.260 e. The standard InChI is InChI=1S/C14H19N3O2/c1-3-14(19,4-2)9-15-13-16-11-8-6-5-7-10(11)12(18)17-13/h5-8,19H,3-4,9H2,1-2H3,(H2,15,16,17,18). The van der Waals surface area contributed by atoms with E-state index in [1.165, 1.54) is 0 Å². The summed E-state index contributed by atoms with van der Waals surface area (Å²) in [6.45, 7) is 4.23. The van der Waals surface area contributed by atoms with Gasteiger partial charge in [0.25, 0.3) is 5.56 Å². The number of anilines is 1. The summed E-state index contributed by atoms with van der Waals surface area (Å²) in [7, 11) is 0. The van der Waals surface area contributed by atoms with Crippen LogP contribution in [0.15, 0.2) is 29.1 Å². The highest BCUT2D eigenvalue weighted by Crippen LogP contribution is 2.15. The molecule has 2 aromatic rings. The SMILES string of the molecule is CCC(O)(CC)CNc1nc2ccccc2c(=O)[nH]1. The van der Waals surface area contributed by atoms with Gasteiger partial charge in [-0.15, -0.1) is 0 Å². The lowest BCUT2D eigenvalue weighted by molar-refractivity contribution is 0.0455. The van der Waals surface area contributed by atoms with Gasteiger partial charge in [-0.25, -0.2) is 4.98 Å². The number of aromatic amines is 1. The minimum Gasteiger partial charge on any atom is -0.388 e. The van der Waals surface area contributed by atoms with Gasteiger partial charge in [-0.3, -0.25) is 9.78 Å². The van der Waals surface area contributed by atoms with E-state index in [1.54, 1.807) is 18.2 Å². The van der Waals surface area contributed by atoms with E-state index < -0.39 is 5.60 Å². The van der Waals surface area contributed by atoms with Crippen LogP contribution < -0.4 is 10.9 Å². The molecule has 1 heterocycles. The number of aromatic nitrogens is 2. The quantitative estimate of drug-likeness (QED) is 0.768. The van der Waals surface area contributed by atoms with Crippen molar-refractivity contribution in [2.45, 2.75) is 32.3 Å². The number of aliphatic hydroxyl groups is 1. The molecule has 0 radical (unpaired) electrons. The molecule has 102 valence electrons. The molecule has 0 bridgehead atoms. The molecule has 0 saturated heterocycles. The fraction of sp³-hybridized carbons (Fsp3) is 0.429. The van der Waals surface area contributed by atoms with Crippen LogP contribution in [0.1, 0.15) is 26.7 Å². The first-order valence-corrected chi connectivity index (χ1v) is 6.53. The topological polar surface area (TPSA) is 78.0 Å². The zero-order valence-corrected chi connectivity index (χ0v) is 11.2. The lowest BCUT2D eigenvalue weighted by Crippen LogP contribution is -2.36. The highest BCUT2D eigenvalue weighted by molar-refractivity contribution is 5.78. The first-order valence-electron chi connectivity index (χ1n) is 6.53. The number of fused-ring (bicyclic) bond motifs is 1. The Bertz CT molecular complexity index is 617. The predicted octanol–water partition coefficient (Wildman–Crippen LogP) is 1.89. The number of nitrogens with one attached hydrogen (secondary N) is 2. The van der Waals surface area contributed by atoms with Crippen molar-refractivity contribution >= 4 is 16.9 Å². The third-order valence-corrected chi connectivity index (χ3v) is 3.51. The van der Waals surface area contributed by atoms with E-state index in [4.69, 9.17) is 0 Å². The largest absolute Gasteiger partial charge is 0.388 e. The summed E-state index contributed by atoms with van der Waals surface area (Å²) in [5.74, 6) is 0.393. The molecule has 3 N–H and O–H groups in total. The van der Waals surface area contributed by atoms with Crippen LogP contribution in [0.4, 0.5) is 5.95 Å². The molecule has 5 nitrogen and oxygen atoms in total. The van der Waals surface area contributed by atoms with Crippen LogP contribution in [0.3, 0.4) is 0 Å². The van der Waals surface area contributed by atoms with Gasteiger partial charge in [0.1, 0.15) is 0 Å². The van der Waals surface area contributed by atoms with Crippen molar-refractivity contribution in [1.82, 2.24) is 9.97 Å². The minimum atomic E-state index is -0.774. The van der Waals surface area contributed by atoms with Crippen molar-refractivity contribution in [3.05, 3.63) is 34.6 Å². The normalized spacial score (nSPS) is 11.7. The lowest BCUT2D eigenvalue weighted by atomic mass is 9.98. The second kappa shape index (κ2) is 5.40. The number of H-pyrrole nitrogens is 1. The Morgan fingerprint density at radius 2 is 2.00 bits per heavy atom. The molecule has 1 aromatic carbocycles. The lowest BCUT2D eigenvalue weighted by Gasteiger charge is -2.25. The Morgan fingerprint density at radius 1 is 1.32 bits per heavy atom. The van der Waals surface area contributed by atoms with Gasteiger partial charge in [-0.05, 0) is 25.0 Å². The molecule has 0 spiro atoms. The average Bonchev–Trinajstić information content (AvgIpc) is 2.45. The fourth-order valence-electron chi connectivity index (χ4n) is 1.92. The van der Waals surface area contributed by atoms with Gasteiger partial charge in [0.2, 0.25) is 5.95 Å². The monoisotopic (exact) mass is 261 g/mol. The van der Waals surface area contributed by atoms with Crippen LogP contribution in [0.5, 0.6) is 0 Å². The summed E-state index contributed by atoms with van der Waals surface area (Å²) >= 11 is 0. The second-order valence-electron chi connectivity index (χ2n) is 4.72. The van der Waals surface area contributed by atoms with Gasteiger partial charge in [-0.1, -0.05) is 26.0 Å². The van der Waals surface area contributed by atoms with E-state index in [2.05, 4.69) is 15.3 Å². The fourth-order valence-corrected chi connectivity index (χ4v) is 1.92. The van der Waals surface area contributed by atoms with Gasteiger partial charge >= 0.3 is 0 Å². The van der Waals surface area contributed by atoms with Crippen molar-refractivity contribution < 1.29 is 5.11 Å². The number of benzene rings is 1. The van der Waals surface area contributed by atoms with Crippen LogP contribution in [0, 0.1) is 0 Å². The van der Waals surface area contributed by atoms with Gasteiger partial charge in [0.05, 0.1) is 16.5 Å². The summed E-state index contributed by atoms with van der Waals surface area (Å²) in [4.78, 5) is 18.9. The van der Waals surface area contributed by atoms with E-state index in [9.17, 15) is 9.90 Å². The molecule has 5 heteroatoms. The average molecular weight is 261 g/mol. The van der Waals surface area contributed by atoms with Crippen LogP contribution >= 0.6 is 0 Å². The third kappa shape index (κ3) is 2.93. The number of para-hydroxylation sites is 1. The van der Waals surface area contributed by atoms with E-state index in [1.807, 2.05) is 19.9 Å². The van der Waals surface area contributed by atoms with Crippen molar-refractivity contribution in [2.24, 2.45) is 0 Å². The molecule has 0 aliphatic rings. The maximum absolute atomic E-state index is 11.9. The minimum absolute atomic E-state index is 0.176. The zero-order valence-electron chi connectivity index (χ0n) is 11.2. The summed E-state index contributed by atoms with van der Waals surface area (Å²) in [5.41, 5.74) is -0.306. The van der Waals surface area contributed by atoms with Gasteiger partial charge in [0.15, 0.2) is 0 Å². The Morgan fingerprint density at radius 3 is 2.68 bits per heavy atom.